The molecule has 0 saturated heterocycles. The molecule has 0 heterocycles. The molecule has 0 aliphatic heterocycles. The summed E-state index contributed by atoms with van der Waals surface area (Å²) < 4.78 is 5.32. The van der Waals surface area contributed by atoms with Crippen LogP contribution >= 0.6 is 0 Å². The van der Waals surface area contributed by atoms with Crippen molar-refractivity contribution in [3.63, 3.8) is 0 Å². The van der Waals surface area contributed by atoms with E-state index in [0.717, 1.165) is 17.7 Å². The topological polar surface area (TPSA) is 29.5 Å². The SMILES string of the molecule is CCC(C)c1ccc(CCO)c(OC)c1. The molecule has 84 valence electrons. The van der Waals surface area contributed by atoms with Gasteiger partial charge in [-0.1, -0.05) is 26.0 Å². The van der Waals surface area contributed by atoms with Crippen molar-refractivity contribution in [2.24, 2.45) is 0 Å². The summed E-state index contributed by atoms with van der Waals surface area (Å²) in [6, 6.07) is 6.26. The van der Waals surface area contributed by atoms with Crippen molar-refractivity contribution in [1.29, 1.82) is 0 Å². The Balaban J connectivity index is 2.96. The molecule has 1 aromatic rings. The number of hydrogen-bond donors (Lipinski definition) is 1. The molecule has 0 aliphatic carbocycles. The van der Waals surface area contributed by atoms with E-state index in [0.29, 0.717) is 12.3 Å². The van der Waals surface area contributed by atoms with Crippen molar-refractivity contribution in [2.45, 2.75) is 32.6 Å². The predicted molar refractivity (Wildman–Crippen MR) is 62.5 cm³/mol. The van der Waals surface area contributed by atoms with E-state index in [1.807, 2.05) is 0 Å². The largest absolute Gasteiger partial charge is 0.496 e. The molecule has 1 unspecified atom stereocenters. The molecule has 2 heteroatoms. The molecule has 0 bridgehead atoms. The number of methoxy groups -OCH3 is 1. The summed E-state index contributed by atoms with van der Waals surface area (Å²) in [6.07, 6.45) is 1.78. The van der Waals surface area contributed by atoms with Crippen LogP contribution in [0.4, 0.5) is 0 Å². The Morgan fingerprint density at radius 1 is 1.40 bits per heavy atom. The van der Waals surface area contributed by atoms with Gasteiger partial charge in [-0.15, -0.1) is 0 Å². The highest BCUT2D eigenvalue weighted by atomic mass is 16.5. The van der Waals surface area contributed by atoms with Crippen molar-refractivity contribution < 1.29 is 9.84 Å². The molecule has 0 aliphatic rings. The molecule has 0 spiro atoms. The maximum Gasteiger partial charge on any atom is 0.122 e. The average molecular weight is 208 g/mol. The lowest BCUT2D eigenvalue weighted by Crippen LogP contribution is -1.98. The van der Waals surface area contributed by atoms with Crippen LogP contribution in [-0.4, -0.2) is 18.8 Å². The van der Waals surface area contributed by atoms with E-state index in [9.17, 15) is 0 Å². The number of hydrogen-bond acceptors (Lipinski definition) is 2. The van der Waals surface area contributed by atoms with Crippen molar-refractivity contribution in [2.75, 3.05) is 13.7 Å². The van der Waals surface area contributed by atoms with E-state index >= 15 is 0 Å². The molecule has 0 radical (unpaired) electrons. The molecular formula is C13H20O2. The van der Waals surface area contributed by atoms with Crippen LogP contribution in [0.15, 0.2) is 18.2 Å². The Hall–Kier alpha value is -1.02. The van der Waals surface area contributed by atoms with Crippen LogP contribution in [0.1, 0.15) is 37.3 Å². The predicted octanol–water partition coefficient (Wildman–Crippen LogP) is 2.74. The fourth-order valence-corrected chi connectivity index (χ4v) is 1.63. The first-order valence-corrected chi connectivity index (χ1v) is 5.50. The van der Waals surface area contributed by atoms with Gasteiger partial charge >= 0.3 is 0 Å². The lowest BCUT2D eigenvalue weighted by Gasteiger charge is -2.13. The van der Waals surface area contributed by atoms with Crippen LogP contribution in [0, 0.1) is 0 Å². The van der Waals surface area contributed by atoms with Crippen LogP contribution in [0.3, 0.4) is 0 Å². The molecule has 2 nitrogen and oxygen atoms in total. The number of benzene rings is 1. The molecule has 1 aromatic carbocycles. The van der Waals surface area contributed by atoms with E-state index in [1.165, 1.54) is 5.56 Å². The lowest BCUT2D eigenvalue weighted by atomic mass is 9.96. The normalized spacial score (nSPS) is 12.5. The van der Waals surface area contributed by atoms with Gasteiger partial charge in [0, 0.05) is 6.61 Å². The van der Waals surface area contributed by atoms with Gasteiger partial charge in [-0.25, -0.2) is 0 Å². The maximum absolute atomic E-state index is 8.91. The molecule has 1 N–H and O–H groups in total. The number of aliphatic hydroxyl groups is 1. The minimum atomic E-state index is 0.166. The van der Waals surface area contributed by atoms with Crippen LogP contribution in [-0.2, 0) is 6.42 Å². The third-order valence-electron chi connectivity index (χ3n) is 2.87. The van der Waals surface area contributed by atoms with Gasteiger partial charge in [0.25, 0.3) is 0 Å². The third-order valence-corrected chi connectivity index (χ3v) is 2.87. The van der Waals surface area contributed by atoms with Gasteiger partial charge in [0.05, 0.1) is 7.11 Å². The summed E-state index contributed by atoms with van der Waals surface area (Å²) in [5.41, 5.74) is 2.38. The smallest absolute Gasteiger partial charge is 0.122 e. The first-order chi connectivity index (χ1) is 7.22. The van der Waals surface area contributed by atoms with E-state index in [-0.39, 0.29) is 6.61 Å². The van der Waals surface area contributed by atoms with E-state index in [2.05, 4.69) is 32.0 Å². The first kappa shape index (κ1) is 12.1. The molecule has 1 atom stereocenters. The Morgan fingerprint density at radius 2 is 2.13 bits per heavy atom. The van der Waals surface area contributed by atoms with Gasteiger partial charge in [-0.05, 0) is 36.0 Å². The van der Waals surface area contributed by atoms with Gasteiger partial charge in [-0.2, -0.15) is 0 Å². The quantitative estimate of drug-likeness (QED) is 0.806. The molecule has 0 amide bonds. The second-order valence-corrected chi connectivity index (χ2v) is 3.85. The zero-order chi connectivity index (χ0) is 11.3. The zero-order valence-corrected chi connectivity index (χ0v) is 9.79. The van der Waals surface area contributed by atoms with Gasteiger partial charge in [0.1, 0.15) is 5.75 Å². The second kappa shape index (κ2) is 5.76. The summed E-state index contributed by atoms with van der Waals surface area (Å²) in [6.45, 7) is 4.55. The van der Waals surface area contributed by atoms with E-state index in [4.69, 9.17) is 9.84 Å². The average Bonchev–Trinajstić information content (AvgIpc) is 2.29. The molecule has 0 aromatic heterocycles. The molecule has 15 heavy (non-hydrogen) atoms. The van der Waals surface area contributed by atoms with Crippen molar-refractivity contribution >= 4 is 0 Å². The fraction of sp³-hybridized carbons (Fsp3) is 0.538. The maximum atomic E-state index is 8.91. The van der Waals surface area contributed by atoms with Crippen LogP contribution in [0.2, 0.25) is 0 Å². The Bertz CT molecular complexity index is 307. The first-order valence-electron chi connectivity index (χ1n) is 5.50. The minimum Gasteiger partial charge on any atom is -0.496 e. The van der Waals surface area contributed by atoms with Crippen molar-refractivity contribution in [3.05, 3.63) is 29.3 Å². The summed E-state index contributed by atoms with van der Waals surface area (Å²) in [7, 11) is 1.68. The summed E-state index contributed by atoms with van der Waals surface area (Å²) >= 11 is 0. The number of aliphatic hydroxyl groups excluding tert-OH is 1. The molecule has 0 saturated carbocycles. The Labute approximate surface area is 91.9 Å². The monoisotopic (exact) mass is 208 g/mol. The summed E-state index contributed by atoms with van der Waals surface area (Å²) in [5, 5.41) is 8.91. The molecule has 1 rings (SSSR count). The van der Waals surface area contributed by atoms with Crippen molar-refractivity contribution in [1.82, 2.24) is 0 Å². The highest BCUT2D eigenvalue weighted by Gasteiger charge is 2.07. The van der Waals surface area contributed by atoms with Gasteiger partial charge in [0.2, 0.25) is 0 Å². The Kier molecular flexibility index (Phi) is 4.63. The Morgan fingerprint density at radius 3 is 2.67 bits per heavy atom. The van der Waals surface area contributed by atoms with E-state index in [1.54, 1.807) is 7.11 Å². The van der Waals surface area contributed by atoms with Gasteiger partial charge in [-0.3, -0.25) is 0 Å². The highest BCUT2D eigenvalue weighted by molar-refractivity contribution is 5.39. The van der Waals surface area contributed by atoms with Crippen LogP contribution < -0.4 is 4.74 Å². The third kappa shape index (κ3) is 2.96. The fourth-order valence-electron chi connectivity index (χ4n) is 1.63. The van der Waals surface area contributed by atoms with Crippen molar-refractivity contribution in [3.8, 4) is 5.75 Å². The van der Waals surface area contributed by atoms with Crippen LogP contribution in [0.5, 0.6) is 5.75 Å². The molecule has 0 fully saturated rings. The number of rotatable bonds is 5. The molecular weight excluding hydrogens is 188 g/mol. The minimum absolute atomic E-state index is 0.166. The highest BCUT2D eigenvalue weighted by Crippen LogP contribution is 2.26. The van der Waals surface area contributed by atoms with E-state index < -0.39 is 0 Å². The summed E-state index contributed by atoms with van der Waals surface area (Å²) in [4.78, 5) is 0. The zero-order valence-electron chi connectivity index (χ0n) is 9.79. The van der Waals surface area contributed by atoms with Crippen LogP contribution in [0.25, 0.3) is 0 Å². The van der Waals surface area contributed by atoms with Gasteiger partial charge in [0.15, 0.2) is 0 Å². The number of ether oxygens (including phenoxy) is 1. The standard InChI is InChI=1S/C13H20O2/c1-4-10(2)12-6-5-11(7-8-14)13(9-12)15-3/h5-6,9-10,14H,4,7-8H2,1-3H3. The lowest BCUT2D eigenvalue weighted by molar-refractivity contribution is 0.296. The van der Waals surface area contributed by atoms with Gasteiger partial charge < -0.3 is 9.84 Å². The summed E-state index contributed by atoms with van der Waals surface area (Å²) in [5.74, 6) is 1.45. The second-order valence-electron chi connectivity index (χ2n) is 3.85.